The topological polar surface area (TPSA) is 80.0 Å². The normalized spacial score (nSPS) is 11.9. The Morgan fingerprint density at radius 2 is 2.04 bits per heavy atom. The number of aliphatic hydroxyl groups excluding tert-OH is 1. The molecule has 0 aliphatic carbocycles. The van der Waals surface area contributed by atoms with Crippen LogP contribution in [0.5, 0.6) is 0 Å². The number of hydrogen-bond donors (Lipinski definition) is 2. The van der Waals surface area contributed by atoms with E-state index in [4.69, 9.17) is 0 Å². The van der Waals surface area contributed by atoms with E-state index in [1.807, 2.05) is 18.2 Å². The molecular weight excluding hydrogens is 311 g/mol. The Kier molecular flexibility index (Phi) is 4.62. The van der Waals surface area contributed by atoms with Crippen LogP contribution in [0.2, 0.25) is 0 Å². The number of aliphatic hydroxyl groups is 1. The molecule has 122 valence electrons. The van der Waals surface area contributed by atoms with Crippen LogP contribution in [0, 0.1) is 5.82 Å². The first-order valence-corrected chi connectivity index (χ1v) is 7.30. The molecule has 3 aromatic rings. The van der Waals surface area contributed by atoms with Gasteiger partial charge in [-0.1, -0.05) is 30.3 Å². The van der Waals surface area contributed by atoms with Gasteiger partial charge in [0, 0.05) is 5.56 Å². The van der Waals surface area contributed by atoms with Crippen molar-refractivity contribution < 1.29 is 14.3 Å². The lowest BCUT2D eigenvalue weighted by atomic mass is 10.1. The number of rotatable bonds is 5. The standard InChI is InChI=1S/C17H15FN4O2/c18-14-8-13(6-7-16(14)22-11-19-10-20-22)17(24)21-15(9-23)12-4-2-1-3-5-12/h1-8,10-11,15,23H,9H2,(H,21,24). The molecule has 0 saturated carbocycles. The third kappa shape index (κ3) is 3.31. The van der Waals surface area contributed by atoms with Crippen LogP contribution in [0.4, 0.5) is 4.39 Å². The second-order valence-electron chi connectivity index (χ2n) is 5.13. The molecule has 3 rings (SSSR count). The van der Waals surface area contributed by atoms with Crippen molar-refractivity contribution in [3.05, 3.63) is 78.1 Å². The van der Waals surface area contributed by atoms with E-state index in [0.717, 1.165) is 11.6 Å². The van der Waals surface area contributed by atoms with Gasteiger partial charge >= 0.3 is 0 Å². The van der Waals surface area contributed by atoms with Gasteiger partial charge in [0.05, 0.1) is 12.6 Å². The van der Waals surface area contributed by atoms with E-state index in [1.165, 1.54) is 29.5 Å². The van der Waals surface area contributed by atoms with Gasteiger partial charge in [0.2, 0.25) is 0 Å². The summed E-state index contributed by atoms with van der Waals surface area (Å²) in [6, 6.07) is 12.6. The molecule has 0 spiro atoms. The summed E-state index contributed by atoms with van der Waals surface area (Å²) in [4.78, 5) is 16.1. The number of aromatic nitrogens is 3. The van der Waals surface area contributed by atoms with Crippen LogP contribution in [-0.2, 0) is 0 Å². The minimum absolute atomic E-state index is 0.158. The number of carbonyl (C=O) groups is 1. The van der Waals surface area contributed by atoms with Crippen LogP contribution in [0.25, 0.3) is 5.69 Å². The number of nitrogens with zero attached hydrogens (tertiary/aromatic N) is 3. The average molecular weight is 326 g/mol. The molecular formula is C17H15FN4O2. The number of nitrogens with one attached hydrogen (secondary N) is 1. The lowest BCUT2D eigenvalue weighted by Gasteiger charge is -2.17. The molecule has 24 heavy (non-hydrogen) atoms. The van der Waals surface area contributed by atoms with Crippen molar-refractivity contribution in [1.29, 1.82) is 0 Å². The van der Waals surface area contributed by atoms with Gasteiger partial charge < -0.3 is 10.4 Å². The minimum atomic E-state index is -0.589. The van der Waals surface area contributed by atoms with Gasteiger partial charge in [0.25, 0.3) is 5.91 Å². The maximum atomic E-state index is 14.2. The third-order valence-corrected chi connectivity index (χ3v) is 3.57. The fraction of sp³-hybridized carbons (Fsp3) is 0.118. The van der Waals surface area contributed by atoms with Crippen LogP contribution >= 0.6 is 0 Å². The molecule has 0 fully saturated rings. The fourth-order valence-corrected chi connectivity index (χ4v) is 2.33. The smallest absolute Gasteiger partial charge is 0.251 e. The summed E-state index contributed by atoms with van der Waals surface area (Å²) in [6.07, 6.45) is 2.67. The highest BCUT2D eigenvalue weighted by Crippen LogP contribution is 2.16. The number of halogens is 1. The van der Waals surface area contributed by atoms with Crippen molar-refractivity contribution in [2.45, 2.75) is 6.04 Å². The monoisotopic (exact) mass is 326 g/mol. The Bertz CT molecular complexity index is 822. The highest BCUT2D eigenvalue weighted by molar-refractivity contribution is 5.94. The summed E-state index contributed by atoms with van der Waals surface area (Å²) in [5.41, 5.74) is 1.13. The Morgan fingerprint density at radius 3 is 2.67 bits per heavy atom. The highest BCUT2D eigenvalue weighted by atomic mass is 19.1. The van der Waals surface area contributed by atoms with Crippen molar-refractivity contribution in [2.24, 2.45) is 0 Å². The zero-order valence-electron chi connectivity index (χ0n) is 12.6. The minimum Gasteiger partial charge on any atom is -0.394 e. The predicted molar refractivity (Wildman–Crippen MR) is 85.1 cm³/mol. The maximum absolute atomic E-state index is 14.2. The zero-order chi connectivity index (χ0) is 16.9. The van der Waals surface area contributed by atoms with E-state index in [9.17, 15) is 14.3 Å². The molecule has 1 atom stereocenters. The molecule has 1 heterocycles. The Balaban J connectivity index is 1.79. The molecule has 0 bridgehead atoms. The Hall–Kier alpha value is -3.06. The lowest BCUT2D eigenvalue weighted by Crippen LogP contribution is -2.30. The van der Waals surface area contributed by atoms with Gasteiger partial charge in [-0.25, -0.2) is 14.1 Å². The van der Waals surface area contributed by atoms with Gasteiger partial charge in [0.1, 0.15) is 24.2 Å². The van der Waals surface area contributed by atoms with E-state index in [2.05, 4.69) is 15.4 Å². The van der Waals surface area contributed by atoms with E-state index in [1.54, 1.807) is 12.1 Å². The summed E-state index contributed by atoms with van der Waals surface area (Å²) >= 11 is 0. The summed E-state index contributed by atoms with van der Waals surface area (Å²) < 4.78 is 15.5. The van der Waals surface area contributed by atoms with Gasteiger partial charge in [-0.15, -0.1) is 0 Å². The predicted octanol–water partition coefficient (Wildman–Crippen LogP) is 1.87. The molecule has 2 aromatic carbocycles. The quantitative estimate of drug-likeness (QED) is 0.750. The molecule has 6 nitrogen and oxygen atoms in total. The molecule has 0 aliphatic rings. The first-order valence-electron chi connectivity index (χ1n) is 7.30. The first kappa shape index (κ1) is 15.8. The number of hydrogen-bond acceptors (Lipinski definition) is 4. The Labute approximate surface area is 137 Å². The summed E-state index contributed by atoms with van der Waals surface area (Å²) in [7, 11) is 0. The van der Waals surface area contributed by atoms with E-state index in [-0.39, 0.29) is 17.9 Å². The first-order chi connectivity index (χ1) is 11.7. The van der Waals surface area contributed by atoms with Gasteiger partial charge in [0.15, 0.2) is 0 Å². The molecule has 0 radical (unpaired) electrons. The summed E-state index contributed by atoms with van der Waals surface area (Å²) in [6.45, 7) is -0.255. The van der Waals surface area contributed by atoms with Gasteiger partial charge in [-0.05, 0) is 23.8 Å². The fourth-order valence-electron chi connectivity index (χ4n) is 2.33. The van der Waals surface area contributed by atoms with Crippen molar-refractivity contribution >= 4 is 5.91 Å². The molecule has 0 aliphatic heterocycles. The van der Waals surface area contributed by atoms with Crippen molar-refractivity contribution in [3.63, 3.8) is 0 Å². The summed E-state index contributed by atoms with van der Waals surface area (Å²) in [5.74, 6) is -1.06. The molecule has 0 saturated heterocycles. The largest absolute Gasteiger partial charge is 0.394 e. The van der Waals surface area contributed by atoms with Crippen molar-refractivity contribution in [2.75, 3.05) is 6.61 Å². The maximum Gasteiger partial charge on any atom is 0.251 e. The van der Waals surface area contributed by atoms with Crippen LogP contribution in [0.3, 0.4) is 0 Å². The number of carbonyl (C=O) groups excluding carboxylic acids is 1. The molecule has 7 heteroatoms. The molecule has 1 amide bonds. The van der Waals surface area contributed by atoms with Crippen molar-refractivity contribution in [3.8, 4) is 5.69 Å². The Morgan fingerprint density at radius 1 is 1.25 bits per heavy atom. The molecule has 2 N–H and O–H groups in total. The van der Waals surface area contributed by atoms with E-state index < -0.39 is 17.8 Å². The summed E-state index contributed by atoms with van der Waals surface area (Å²) in [5, 5.41) is 16.0. The van der Waals surface area contributed by atoms with Crippen LogP contribution < -0.4 is 5.32 Å². The highest BCUT2D eigenvalue weighted by Gasteiger charge is 2.16. The number of benzene rings is 2. The average Bonchev–Trinajstić information content (AvgIpc) is 3.14. The second-order valence-corrected chi connectivity index (χ2v) is 5.13. The second kappa shape index (κ2) is 7.01. The van der Waals surface area contributed by atoms with Crippen LogP contribution in [0.15, 0.2) is 61.2 Å². The van der Waals surface area contributed by atoms with Gasteiger partial charge in [-0.2, -0.15) is 5.10 Å². The zero-order valence-corrected chi connectivity index (χ0v) is 12.6. The van der Waals surface area contributed by atoms with E-state index >= 15 is 0 Å². The molecule has 1 aromatic heterocycles. The lowest BCUT2D eigenvalue weighted by molar-refractivity contribution is 0.0915. The van der Waals surface area contributed by atoms with Crippen LogP contribution in [0.1, 0.15) is 22.0 Å². The van der Waals surface area contributed by atoms with Gasteiger partial charge in [-0.3, -0.25) is 4.79 Å². The van der Waals surface area contributed by atoms with Crippen LogP contribution in [-0.4, -0.2) is 32.4 Å². The third-order valence-electron chi connectivity index (χ3n) is 3.57. The number of amides is 1. The SMILES string of the molecule is O=C(NC(CO)c1ccccc1)c1ccc(-n2cncn2)c(F)c1. The van der Waals surface area contributed by atoms with E-state index in [0.29, 0.717) is 0 Å². The van der Waals surface area contributed by atoms with Crippen molar-refractivity contribution in [1.82, 2.24) is 20.1 Å². The molecule has 1 unspecified atom stereocenters.